The maximum absolute atomic E-state index is 14.1. The number of carbonyl (C=O) groups is 2. The molecule has 0 fully saturated rings. The normalized spacial score (nSPS) is 11.6. The molecular formula is C31H30N6O4. The van der Waals surface area contributed by atoms with Gasteiger partial charge in [0, 0.05) is 18.3 Å². The van der Waals surface area contributed by atoms with E-state index in [9.17, 15) is 9.59 Å². The van der Waals surface area contributed by atoms with Crippen LogP contribution in [0.5, 0.6) is 5.75 Å². The third-order valence-corrected chi connectivity index (χ3v) is 6.50. The Balaban J connectivity index is 1.51. The summed E-state index contributed by atoms with van der Waals surface area (Å²) in [4.78, 5) is 30.6. The highest BCUT2D eigenvalue weighted by Gasteiger charge is 2.33. The highest BCUT2D eigenvalue weighted by molar-refractivity contribution is 6.01. The molecular weight excluding hydrogens is 520 g/mol. The zero-order valence-electron chi connectivity index (χ0n) is 23.0. The molecule has 0 aliphatic carbocycles. The Bertz CT molecular complexity index is 1630. The van der Waals surface area contributed by atoms with Crippen LogP contribution in [-0.2, 0) is 22.7 Å². The molecule has 1 N–H and O–H groups in total. The number of hydrogen-bond donors (Lipinski definition) is 1. The van der Waals surface area contributed by atoms with Gasteiger partial charge < -0.3 is 14.5 Å². The summed E-state index contributed by atoms with van der Waals surface area (Å²) >= 11 is 0. The number of benzene rings is 3. The summed E-state index contributed by atoms with van der Waals surface area (Å²) in [6.07, 6.45) is 0. The molecule has 0 radical (unpaired) electrons. The topological polar surface area (TPSA) is 115 Å². The average Bonchev–Trinajstić information content (AvgIpc) is 3.64. The van der Waals surface area contributed by atoms with E-state index in [1.807, 2.05) is 68.4 Å². The molecule has 2 aromatic heterocycles. The van der Waals surface area contributed by atoms with Crippen molar-refractivity contribution in [2.24, 2.45) is 0 Å². The van der Waals surface area contributed by atoms with Crippen LogP contribution in [0.25, 0.3) is 11.6 Å². The van der Waals surface area contributed by atoms with Crippen LogP contribution in [0.3, 0.4) is 0 Å². The molecule has 0 spiro atoms. The second-order valence-corrected chi connectivity index (χ2v) is 9.54. The zero-order chi connectivity index (χ0) is 28.8. The SMILES string of the molecule is COc1cccc(N(C(=O)Cn2nnc(-c3ccc(C)o3)n2)C(C(=O)NCc2ccccc2)c2ccc(C)cc2)c1. The third kappa shape index (κ3) is 6.50. The number of aromatic nitrogens is 4. The van der Waals surface area contributed by atoms with E-state index in [1.54, 1.807) is 43.5 Å². The lowest BCUT2D eigenvalue weighted by Crippen LogP contribution is -2.45. The van der Waals surface area contributed by atoms with E-state index in [0.29, 0.717) is 35.1 Å². The third-order valence-electron chi connectivity index (χ3n) is 6.50. The fourth-order valence-corrected chi connectivity index (χ4v) is 4.41. The molecule has 3 aromatic carbocycles. The van der Waals surface area contributed by atoms with Gasteiger partial charge >= 0.3 is 0 Å². The lowest BCUT2D eigenvalue weighted by atomic mass is 10.0. The van der Waals surface area contributed by atoms with Gasteiger partial charge in [0.2, 0.25) is 11.7 Å². The van der Waals surface area contributed by atoms with E-state index in [1.165, 1.54) is 9.70 Å². The number of anilines is 1. The molecule has 0 aliphatic heterocycles. The molecule has 10 heteroatoms. The van der Waals surface area contributed by atoms with Gasteiger partial charge in [-0.05, 0) is 54.5 Å². The Morgan fingerprint density at radius 1 is 0.976 bits per heavy atom. The first-order valence-electron chi connectivity index (χ1n) is 13.1. The van der Waals surface area contributed by atoms with Crippen LogP contribution in [0.2, 0.25) is 0 Å². The fourth-order valence-electron chi connectivity index (χ4n) is 4.41. The van der Waals surface area contributed by atoms with Crippen LogP contribution in [0.4, 0.5) is 5.69 Å². The van der Waals surface area contributed by atoms with E-state index in [2.05, 4.69) is 20.7 Å². The van der Waals surface area contributed by atoms with E-state index in [-0.39, 0.29) is 18.3 Å². The van der Waals surface area contributed by atoms with Gasteiger partial charge in [-0.15, -0.1) is 10.2 Å². The Kier molecular flexibility index (Phi) is 8.19. The summed E-state index contributed by atoms with van der Waals surface area (Å²) in [5.41, 5.74) is 3.10. The van der Waals surface area contributed by atoms with Crippen molar-refractivity contribution in [1.82, 2.24) is 25.5 Å². The van der Waals surface area contributed by atoms with Crippen molar-refractivity contribution in [3.8, 4) is 17.3 Å². The molecule has 1 unspecified atom stereocenters. The van der Waals surface area contributed by atoms with E-state index < -0.39 is 11.9 Å². The Hall–Kier alpha value is -5.25. The first-order valence-corrected chi connectivity index (χ1v) is 13.1. The second kappa shape index (κ2) is 12.3. The highest BCUT2D eigenvalue weighted by atomic mass is 16.5. The minimum atomic E-state index is -0.991. The minimum Gasteiger partial charge on any atom is -0.497 e. The molecule has 1 atom stereocenters. The van der Waals surface area contributed by atoms with Gasteiger partial charge in [-0.25, -0.2) is 0 Å². The molecule has 0 saturated heterocycles. The molecule has 5 aromatic rings. The largest absolute Gasteiger partial charge is 0.497 e. The molecule has 2 heterocycles. The maximum Gasteiger partial charge on any atom is 0.251 e. The molecule has 0 saturated carbocycles. The highest BCUT2D eigenvalue weighted by Crippen LogP contribution is 2.31. The van der Waals surface area contributed by atoms with Gasteiger partial charge in [-0.2, -0.15) is 4.80 Å². The summed E-state index contributed by atoms with van der Waals surface area (Å²) in [6, 6.07) is 26.7. The number of ether oxygens (including phenoxy) is 1. The number of amides is 2. The van der Waals surface area contributed by atoms with Crippen LogP contribution >= 0.6 is 0 Å². The standard InChI is InChI=1S/C31H30N6O4/c1-21-12-15-24(16-13-21)29(31(39)32-19-23-8-5-4-6-9-23)37(25-10-7-11-26(18-25)40-3)28(38)20-36-34-30(33-35-36)27-17-14-22(2)41-27/h4-18,29H,19-20H2,1-3H3,(H,32,39). The number of methoxy groups -OCH3 is 1. The summed E-state index contributed by atoms with van der Waals surface area (Å²) in [6.45, 7) is 3.82. The number of nitrogens with one attached hydrogen (secondary N) is 1. The van der Waals surface area contributed by atoms with Crippen molar-refractivity contribution in [1.29, 1.82) is 0 Å². The number of tetrazole rings is 1. The fraction of sp³-hybridized carbons (Fsp3) is 0.194. The number of nitrogens with zero attached hydrogens (tertiary/aromatic N) is 5. The molecule has 0 bridgehead atoms. The summed E-state index contributed by atoms with van der Waals surface area (Å²) < 4.78 is 11.0. The Morgan fingerprint density at radius 3 is 2.46 bits per heavy atom. The van der Waals surface area contributed by atoms with Crippen LogP contribution < -0.4 is 15.0 Å². The van der Waals surface area contributed by atoms with Gasteiger partial charge in [-0.1, -0.05) is 66.2 Å². The van der Waals surface area contributed by atoms with E-state index in [4.69, 9.17) is 9.15 Å². The molecule has 10 nitrogen and oxygen atoms in total. The number of aryl methyl sites for hydroxylation is 2. The van der Waals surface area contributed by atoms with Gasteiger partial charge in [0.1, 0.15) is 24.1 Å². The van der Waals surface area contributed by atoms with Crippen molar-refractivity contribution in [3.63, 3.8) is 0 Å². The first kappa shape index (κ1) is 27.3. The summed E-state index contributed by atoms with van der Waals surface area (Å²) in [5, 5.41) is 15.4. The number of rotatable bonds is 10. The molecule has 5 rings (SSSR count). The Morgan fingerprint density at radius 2 is 1.76 bits per heavy atom. The zero-order valence-corrected chi connectivity index (χ0v) is 23.0. The predicted octanol–water partition coefficient (Wildman–Crippen LogP) is 4.65. The van der Waals surface area contributed by atoms with Crippen LogP contribution in [0, 0.1) is 13.8 Å². The first-order chi connectivity index (χ1) is 19.9. The number of hydrogen-bond acceptors (Lipinski definition) is 7. The second-order valence-electron chi connectivity index (χ2n) is 9.54. The van der Waals surface area contributed by atoms with Crippen LogP contribution in [-0.4, -0.2) is 39.1 Å². The van der Waals surface area contributed by atoms with Gasteiger partial charge in [0.25, 0.3) is 5.91 Å². The van der Waals surface area contributed by atoms with Crippen LogP contribution in [0.15, 0.2) is 95.4 Å². The molecule has 2 amide bonds. The van der Waals surface area contributed by atoms with Crippen molar-refractivity contribution in [2.75, 3.05) is 12.0 Å². The lowest BCUT2D eigenvalue weighted by Gasteiger charge is -2.31. The quantitative estimate of drug-likeness (QED) is 0.269. The summed E-state index contributed by atoms with van der Waals surface area (Å²) in [7, 11) is 1.55. The molecule has 0 aliphatic rings. The monoisotopic (exact) mass is 550 g/mol. The molecule has 41 heavy (non-hydrogen) atoms. The number of furan rings is 1. The van der Waals surface area contributed by atoms with E-state index >= 15 is 0 Å². The minimum absolute atomic E-state index is 0.259. The average molecular weight is 551 g/mol. The van der Waals surface area contributed by atoms with Crippen molar-refractivity contribution in [2.45, 2.75) is 33.0 Å². The maximum atomic E-state index is 14.1. The predicted molar refractivity (Wildman–Crippen MR) is 153 cm³/mol. The van der Waals surface area contributed by atoms with Gasteiger partial charge in [0.05, 0.1) is 7.11 Å². The van der Waals surface area contributed by atoms with Gasteiger partial charge in [0.15, 0.2) is 5.76 Å². The lowest BCUT2D eigenvalue weighted by molar-refractivity contribution is -0.127. The summed E-state index contributed by atoms with van der Waals surface area (Å²) in [5.74, 6) is 1.20. The van der Waals surface area contributed by atoms with Crippen molar-refractivity contribution >= 4 is 17.5 Å². The smallest absolute Gasteiger partial charge is 0.251 e. The van der Waals surface area contributed by atoms with E-state index in [0.717, 1.165) is 11.1 Å². The Labute approximate surface area is 237 Å². The van der Waals surface area contributed by atoms with Gasteiger partial charge in [-0.3, -0.25) is 14.5 Å². The molecule has 208 valence electrons. The van der Waals surface area contributed by atoms with Crippen molar-refractivity contribution < 1.29 is 18.7 Å². The number of carbonyl (C=O) groups excluding carboxylic acids is 2. The van der Waals surface area contributed by atoms with Crippen molar-refractivity contribution in [3.05, 3.63) is 113 Å². The van der Waals surface area contributed by atoms with Crippen LogP contribution in [0.1, 0.15) is 28.5 Å².